The molecule has 0 fully saturated rings. The summed E-state index contributed by atoms with van der Waals surface area (Å²) in [6.45, 7) is 0. The predicted octanol–water partition coefficient (Wildman–Crippen LogP) is 4.95. The van der Waals surface area contributed by atoms with E-state index in [0.29, 0.717) is 30.9 Å². The number of amides is 1. The van der Waals surface area contributed by atoms with Gasteiger partial charge in [-0.3, -0.25) is 10.6 Å². The summed E-state index contributed by atoms with van der Waals surface area (Å²) >= 11 is 21.3. The summed E-state index contributed by atoms with van der Waals surface area (Å²) in [5.74, 6) is 4.95. The highest BCUT2D eigenvalue weighted by atomic mass is 79.9. The van der Waals surface area contributed by atoms with Gasteiger partial charge in [0.25, 0.3) is 5.91 Å². The Labute approximate surface area is 144 Å². The molecule has 0 saturated heterocycles. The van der Waals surface area contributed by atoms with Crippen LogP contribution in [-0.2, 0) is 0 Å². The largest absolute Gasteiger partial charge is 0.323 e. The fraction of sp³-hybridized carbons (Fsp3) is 0. The maximum atomic E-state index is 12.3. The molecule has 2 aromatic carbocycles. The molecule has 21 heavy (non-hydrogen) atoms. The number of benzene rings is 2. The molecule has 0 aliphatic heterocycles. The standard InChI is InChI=1S/C13H9BrCl3N3O/c14-6-3-9(16)12(10(17)4-6)19-13(21)8-5-7(15)1-2-11(8)20-18/h1-5,20H,18H2,(H,19,21). The molecule has 2 rings (SSSR count). The summed E-state index contributed by atoms with van der Waals surface area (Å²) in [5, 5.41) is 3.68. The highest BCUT2D eigenvalue weighted by molar-refractivity contribution is 9.10. The molecule has 0 atom stereocenters. The molecule has 0 heterocycles. The maximum absolute atomic E-state index is 12.3. The first kappa shape index (κ1) is 16.4. The van der Waals surface area contributed by atoms with Crippen LogP contribution in [0.15, 0.2) is 34.8 Å². The molecule has 4 N–H and O–H groups in total. The predicted molar refractivity (Wildman–Crippen MR) is 91.4 cm³/mol. The highest BCUT2D eigenvalue weighted by Crippen LogP contribution is 2.34. The first-order valence-corrected chi connectivity index (χ1v) is 7.57. The molecule has 0 saturated carbocycles. The quantitative estimate of drug-likeness (QED) is 0.496. The lowest BCUT2D eigenvalue weighted by atomic mass is 10.1. The van der Waals surface area contributed by atoms with Crippen molar-refractivity contribution in [3.63, 3.8) is 0 Å². The van der Waals surface area contributed by atoms with Crippen molar-refractivity contribution in [1.29, 1.82) is 0 Å². The third kappa shape index (κ3) is 3.81. The van der Waals surface area contributed by atoms with E-state index in [1.807, 2.05) is 0 Å². The average molecular weight is 409 g/mol. The van der Waals surface area contributed by atoms with Gasteiger partial charge in [-0.2, -0.15) is 0 Å². The summed E-state index contributed by atoms with van der Waals surface area (Å²) in [6.07, 6.45) is 0. The number of halogens is 4. The Morgan fingerprint density at radius 3 is 2.29 bits per heavy atom. The van der Waals surface area contributed by atoms with Crippen LogP contribution in [0.1, 0.15) is 10.4 Å². The zero-order valence-electron chi connectivity index (χ0n) is 10.4. The van der Waals surface area contributed by atoms with Gasteiger partial charge >= 0.3 is 0 Å². The van der Waals surface area contributed by atoms with Gasteiger partial charge < -0.3 is 10.7 Å². The first-order chi connectivity index (χ1) is 9.92. The van der Waals surface area contributed by atoms with Gasteiger partial charge in [0.1, 0.15) is 0 Å². The van der Waals surface area contributed by atoms with Crippen LogP contribution in [0.25, 0.3) is 0 Å². The molecular weight excluding hydrogens is 400 g/mol. The average Bonchev–Trinajstić information content (AvgIpc) is 2.42. The Kier molecular flexibility index (Phi) is 5.35. The molecule has 0 unspecified atom stereocenters. The lowest BCUT2D eigenvalue weighted by Crippen LogP contribution is -2.17. The molecule has 0 spiro atoms. The maximum Gasteiger partial charge on any atom is 0.257 e. The number of nitrogens with two attached hydrogens (primary N) is 1. The summed E-state index contributed by atoms with van der Waals surface area (Å²) in [4.78, 5) is 12.3. The van der Waals surface area contributed by atoms with Gasteiger partial charge in [0.05, 0.1) is 27.0 Å². The number of carbonyl (C=O) groups excluding carboxylic acids is 1. The molecule has 4 nitrogen and oxygen atoms in total. The Morgan fingerprint density at radius 1 is 1.10 bits per heavy atom. The summed E-state index contributed by atoms with van der Waals surface area (Å²) in [5.41, 5.74) is 3.46. The molecule has 0 aliphatic carbocycles. The third-order valence-electron chi connectivity index (χ3n) is 2.63. The first-order valence-electron chi connectivity index (χ1n) is 5.64. The molecule has 0 bridgehead atoms. The second-order valence-electron chi connectivity index (χ2n) is 4.03. The zero-order valence-corrected chi connectivity index (χ0v) is 14.2. The summed E-state index contributed by atoms with van der Waals surface area (Å²) in [6, 6.07) is 7.97. The zero-order chi connectivity index (χ0) is 15.6. The molecule has 2 aromatic rings. The molecule has 110 valence electrons. The Bertz CT molecular complexity index is 686. The molecule has 1 amide bonds. The van der Waals surface area contributed by atoms with Gasteiger partial charge in [-0.15, -0.1) is 0 Å². The Morgan fingerprint density at radius 2 is 1.71 bits per heavy atom. The lowest BCUT2D eigenvalue weighted by Gasteiger charge is -2.12. The Hall–Kier alpha value is -0.980. The number of hydrazine groups is 1. The smallest absolute Gasteiger partial charge is 0.257 e. The van der Waals surface area contributed by atoms with E-state index >= 15 is 0 Å². The minimum Gasteiger partial charge on any atom is -0.323 e. The van der Waals surface area contributed by atoms with Gasteiger partial charge in [-0.05, 0) is 30.3 Å². The number of rotatable bonds is 3. The van der Waals surface area contributed by atoms with Crippen molar-refractivity contribution in [3.05, 3.63) is 55.4 Å². The van der Waals surface area contributed by atoms with Gasteiger partial charge in [0.15, 0.2) is 0 Å². The van der Waals surface area contributed by atoms with Crippen molar-refractivity contribution >= 4 is 68.0 Å². The minimum absolute atomic E-state index is 0.278. The van der Waals surface area contributed by atoms with Gasteiger partial charge in [0.2, 0.25) is 0 Å². The van der Waals surface area contributed by atoms with Gasteiger partial charge in [0, 0.05) is 9.50 Å². The fourth-order valence-electron chi connectivity index (χ4n) is 1.67. The van der Waals surface area contributed by atoms with Crippen LogP contribution in [0.5, 0.6) is 0 Å². The molecule has 8 heteroatoms. The number of anilines is 2. The summed E-state index contributed by atoms with van der Waals surface area (Å²) in [7, 11) is 0. The van der Waals surface area contributed by atoms with Crippen LogP contribution in [0.2, 0.25) is 15.1 Å². The monoisotopic (exact) mass is 407 g/mol. The highest BCUT2D eigenvalue weighted by Gasteiger charge is 2.16. The van der Waals surface area contributed by atoms with Crippen molar-refractivity contribution in [2.24, 2.45) is 5.84 Å². The SMILES string of the molecule is NNc1ccc(Cl)cc1C(=O)Nc1c(Cl)cc(Br)cc1Cl. The van der Waals surface area contributed by atoms with Crippen molar-refractivity contribution in [2.45, 2.75) is 0 Å². The van der Waals surface area contributed by atoms with Crippen LogP contribution < -0.4 is 16.6 Å². The van der Waals surface area contributed by atoms with Gasteiger partial charge in [-0.25, -0.2) is 0 Å². The van der Waals surface area contributed by atoms with E-state index in [0.717, 1.165) is 0 Å². The van der Waals surface area contributed by atoms with Crippen molar-refractivity contribution in [3.8, 4) is 0 Å². The second kappa shape index (κ2) is 6.85. The molecule has 0 radical (unpaired) electrons. The third-order valence-corrected chi connectivity index (χ3v) is 3.92. The van der Waals surface area contributed by atoms with Crippen LogP contribution in [0.4, 0.5) is 11.4 Å². The van der Waals surface area contributed by atoms with E-state index in [1.54, 1.807) is 24.3 Å². The normalized spacial score (nSPS) is 10.3. The van der Waals surface area contributed by atoms with Crippen LogP contribution in [0.3, 0.4) is 0 Å². The lowest BCUT2D eigenvalue weighted by molar-refractivity contribution is 0.102. The molecular formula is C13H9BrCl3N3O. The number of carbonyl (C=O) groups is 1. The van der Waals surface area contributed by atoms with Crippen LogP contribution >= 0.6 is 50.7 Å². The van der Waals surface area contributed by atoms with E-state index in [4.69, 9.17) is 40.6 Å². The van der Waals surface area contributed by atoms with E-state index in [1.165, 1.54) is 6.07 Å². The van der Waals surface area contributed by atoms with Gasteiger partial charge in [-0.1, -0.05) is 50.7 Å². The summed E-state index contributed by atoms with van der Waals surface area (Å²) < 4.78 is 0.711. The van der Waals surface area contributed by atoms with Crippen molar-refractivity contribution < 1.29 is 4.79 Å². The van der Waals surface area contributed by atoms with E-state index in [-0.39, 0.29) is 5.56 Å². The number of nitrogens with one attached hydrogen (secondary N) is 2. The minimum atomic E-state index is -0.434. The van der Waals surface area contributed by atoms with Crippen molar-refractivity contribution in [1.82, 2.24) is 0 Å². The number of hydrogen-bond acceptors (Lipinski definition) is 3. The topological polar surface area (TPSA) is 67.1 Å². The van der Waals surface area contributed by atoms with Crippen LogP contribution in [-0.4, -0.2) is 5.91 Å². The number of hydrogen-bond donors (Lipinski definition) is 3. The fourth-order valence-corrected chi connectivity index (χ4v) is 3.15. The molecule has 0 aromatic heterocycles. The van der Waals surface area contributed by atoms with E-state index in [2.05, 4.69) is 26.7 Å². The second-order valence-corrected chi connectivity index (χ2v) is 6.20. The molecule has 0 aliphatic rings. The van der Waals surface area contributed by atoms with E-state index < -0.39 is 5.91 Å². The Balaban J connectivity index is 2.37. The van der Waals surface area contributed by atoms with Crippen molar-refractivity contribution in [2.75, 3.05) is 10.7 Å². The van der Waals surface area contributed by atoms with Crippen LogP contribution in [0, 0.1) is 0 Å². The number of nitrogen functional groups attached to an aromatic ring is 1. The van der Waals surface area contributed by atoms with E-state index in [9.17, 15) is 4.79 Å².